The molecule has 5 heteroatoms. The first-order valence-corrected chi connectivity index (χ1v) is 8.11. The van der Waals surface area contributed by atoms with Crippen LogP contribution < -0.4 is 5.32 Å². The number of hydrogen-bond donors (Lipinski definition) is 1. The van der Waals surface area contributed by atoms with Crippen LogP contribution in [0.4, 0.5) is 0 Å². The van der Waals surface area contributed by atoms with Crippen LogP contribution in [0.2, 0.25) is 0 Å². The number of rotatable bonds is 6. The van der Waals surface area contributed by atoms with Gasteiger partial charge in [-0.2, -0.15) is 0 Å². The maximum atomic E-state index is 11.9. The lowest BCUT2D eigenvalue weighted by molar-refractivity contribution is -0.144. The van der Waals surface area contributed by atoms with Gasteiger partial charge in [-0.15, -0.1) is 0 Å². The minimum atomic E-state index is -0.527. The first kappa shape index (κ1) is 17.9. The molecule has 0 aliphatic carbocycles. The SMILES string of the molecule is CC(C)c1cc(COC(=O)CC2=CC(=O)NC2=O)cc(C(C)C)c1. The van der Waals surface area contributed by atoms with Crippen molar-refractivity contribution in [2.24, 2.45) is 0 Å². The van der Waals surface area contributed by atoms with E-state index in [1.165, 1.54) is 11.1 Å². The third-order valence-corrected chi connectivity index (χ3v) is 3.94. The van der Waals surface area contributed by atoms with E-state index < -0.39 is 17.8 Å². The van der Waals surface area contributed by atoms with E-state index in [4.69, 9.17) is 4.74 Å². The van der Waals surface area contributed by atoms with Crippen molar-refractivity contribution in [3.63, 3.8) is 0 Å². The summed E-state index contributed by atoms with van der Waals surface area (Å²) >= 11 is 0. The predicted octanol–water partition coefficient (Wildman–Crippen LogP) is 2.95. The number of nitrogens with one attached hydrogen (secondary N) is 1. The molecule has 1 N–H and O–H groups in total. The van der Waals surface area contributed by atoms with Crippen LogP contribution in [-0.2, 0) is 25.7 Å². The number of carbonyl (C=O) groups is 3. The summed E-state index contributed by atoms with van der Waals surface area (Å²) in [7, 11) is 0. The van der Waals surface area contributed by atoms with Gasteiger partial charge in [-0.1, -0.05) is 45.9 Å². The summed E-state index contributed by atoms with van der Waals surface area (Å²) in [6.45, 7) is 8.64. The summed E-state index contributed by atoms with van der Waals surface area (Å²) < 4.78 is 5.27. The first-order chi connectivity index (χ1) is 11.3. The Morgan fingerprint density at radius 2 is 1.62 bits per heavy atom. The molecule has 2 amide bonds. The molecule has 0 saturated heterocycles. The molecule has 0 bridgehead atoms. The highest BCUT2D eigenvalue weighted by Crippen LogP contribution is 2.24. The second-order valence-corrected chi connectivity index (χ2v) is 6.64. The zero-order valence-electron chi connectivity index (χ0n) is 14.5. The Morgan fingerprint density at radius 1 is 1.04 bits per heavy atom. The highest BCUT2D eigenvalue weighted by Gasteiger charge is 2.23. The van der Waals surface area contributed by atoms with Gasteiger partial charge in [0.15, 0.2) is 0 Å². The summed E-state index contributed by atoms with van der Waals surface area (Å²) in [5, 5.41) is 2.11. The van der Waals surface area contributed by atoms with E-state index in [1.807, 2.05) is 12.1 Å². The number of esters is 1. The molecule has 5 nitrogen and oxygen atoms in total. The standard InChI is InChI=1S/C19H23NO4/c1-11(2)14-5-13(6-15(7-14)12(3)4)10-24-18(22)9-16-8-17(21)20-19(16)23/h5-8,11-12H,9-10H2,1-4H3,(H,20,21,23). The van der Waals surface area contributed by atoms with Crippen molar-refractivity contribution in [3.8, 4) is 0 Å². The van der Waals surface area contributed by atoms with Gasteiger partial charge in [0, 0.05) is 11.6 Å². The lowest BCUT2D eigenvalue weighted by atomic mass is 9.93. The Hall–Kier alpha value is -2.43. The molecule has 1 heterocycles. The minimum absolute atomic E-state index is 0.142. The number of ether oxygens (including phenoxy) is 1. The van der Waals surface area contributed by atoms with Crippen molar-refractivity contribution in [3.05, 3.63) is 46.5 Å². The fourth-order valence-electron chi connectivity index (χ4n) is 2.45. The largest absolute Gasteiger partial charge is 0.461 e. The van der Waals surface area contributed by atoms with Crippen LogP contribution >= 0.6 is 0 Å². The van der Waals surface area contributed by atoms with E-state index >= 15 is 0 Å². The van der Waals surface area contributed by atoms with Crippen LogP contribution in [-0.4, -0.2) is 17.8 Å². The average molecular weight is 329 g/mol. The van der Waals surface area contributed by atoms with Gasteiger partial charge in [0.05, 0.1) is 6.42 Å². The summed E-state index contributed by atoms with van der Waals surface area (Å²) in [6.07, 6.45) is 0.943. The number of amides is 2. The van der Waals surface area contributed by atoms with Gasteiger partial charge >= 0.3 is 5.97 Å². The van der Waals surface area contributed by atoms with Gasteiger partial charge in [-0.3, -0.25) is 19.7 Å². The highest BCUT2D eigenvalue weighted by atomic mass is 16.5. The van der Waals surface area contributed by atoms with E-state index in [0.29, 0.717) is 11.8 Å². The van der Waals surface area contributed by atoms with Gasteiger partial charge in [-0.05, 0) is 28.5 Å². The monoisotopic (exact) mass is 329 g/mol. The second kappa shape index (κ2) is 7.43. The van der Waals surface area contributed by atoms with Crippen LogP contribution in [0.5, 0.6) is 0 Å². The van der Waals surface area contributed by atoms with Crippen molar-refractivity contribution < 1.29 is 19.1 Å². The molecule has 1 aromatic rings. The van der Waals surface area contributed by atoms with Crippen LogP contribution in [0.1, 0.15) is 62.6 Å². The molecular formula is C19H23NO4. The molecule has 0 aromatic heterocycles. The summed E-state index contributed by atoms with van der Waals surface area (Å²) in [5.41, 5.74) is 3.48. The zero-order valence-corrected chi connectivity index (χ0v) is 14.5. The molecule has 1 aliphatic heterocycles. The van der Waals surface area contributed by atoms with Crippen molar-refractivity contribution in [2.75, 3.05) is 0 Å². The Kier molecular flexibility index (Phi) is 5.54. The Bertz CT molecular complexity index is 675. The quantitative estimate of drug-likeness (QED) is 0.643. The van der Waals surface area contributed by atoms with E-state index in [2.05, 4.69) is 39.1 Å². The van der Waals surface area contributed by atoms with Gasteiger partial charge in [0.1, 0.15) is 6.61 Å². The van der Waals surface area contributed by atoms with E-state index in [1.54, 1.807) is 0 Å². The van der Waals surface area contributed by atoms with Crippen molar-refractivity contribution in [1.29, 1.82) is 0 Å². The fourth-order valence-corrected chi connectivity index (χ4v) is 2.45. The fraction of sp³-hybridized carbons (Fsp3) is 0.421. The molecule has 1 aliphatic rings. The molecule has 1 aromatic carbocycles. The molecule has 0 unspecified atom stereocenters. The first-order valence-electron chi connectivity index (χ1n) is 8.11. The second-order valence-electron chi connectivity index (χ2n) is 6.64. The van der Waals surface area contributed by atoms with Crippen LogP contribution in [0.25, 0.3) is 0 Å². The Morgan fingerprint density at radius 3 is 2.08 bits per heavy atom. The van der Waals surface area contributed by atoms with E-state index in [0.717, 1.165) is 11.6 Å². The lowest BCUT2D eigenvalue weighted by Gasteiger charge is -2.14. The third-order valence-electron chi connectivity index (χ3n) is 3.94. The Balaban J connectivity index is 2.03. The topological polar surface area (TPSA) is 72.5 Å². The lowest BCUT2D eigenvalue weighted by Crippen LogP contribution is -2.23. The van der Waals surface area contributed by atoms with Crippen molar-refractivity contribution in [1.82, 2.24) is 5.32 Å². The number of carbonyl (C=O) groups excluding carboxylic acids is 3. The number of imide groups is 1. The minimum Gasteiger partial charge on any atom is -0.461 e. The highest BCUT2D eigenvalue weighted by molar-refractivity contribution is 6.17. The molecule has 2 rings (SSSR count). The molecule has 0 spiro atoms. The molecule has 0 fully saturated rings. The van der Waals surface area contributed by atoms with Crippen LogP contribution in [0.3, 0.4) is 0 Å². The third kappa shape index (κ3) is 4.54. The predicted molar refractivity (Wildman–Crippen MR) is 90.3 cm³/mol. The van der Waals surface area contributed by atoms with Gasteiger partial charge in [-0.25, -0.2) is 0 Å². The number of hydrogen-bond acceptors (Lipinski definition) is 4. The summed E-state index contributed by atoms with van der Waals surface area (Å²) in [5.74, 6) is -0.769. The Labute approximate surface area is 142 Å². The van der Waals surface area contributed by atoms with Gasteiger partial charge < -0.3 is 4.74 Å². The average Bonchev–Trinajstić information content (AvgIpc) is 2.82. The zero-order chi connectivity index (χ0) is 17.9. The summed E-state index contributed by atoms with van der Waals surface area (Å²) in [6, 6.07) is 6.25. The molecule has 0 saturated carbocycles. The van der Waals surface area contributed by atoms with Gasteiger partial charge in [0.25, 0.3) is 11.8 Å². The molecular weight excluding hydrogens is 306 g/mol. The molecule has 0 atom stereocenters. The van der Waals surface area contributed by atoms with E-state index in [9.17, 15) is 14.4 Å². The molecule has 128 valence electrons. The van der Waals surface area contributed by atoms with Crippen LogP contribution in [0.15, 0.2) is 29.8 Å². The normalized spacial score (nSPS) is 14.2. The maximum Gasteiger partial charge on any atom is 0.310 e. The number of benzene rings is 1. The smallest absolute Gasteiger partial charge is 0.310 e. The van der Waals surface area contributed by atoms with Crippen molar-refractivity contribution in [2.45, 2.75) is 52.6 Å². The van der Waals surface area contributed by atoms with Crippen LogP contribution in [0, 0.1) is 0 Å². The molecule has 24 heavy (non-hydrogen) atoms. The van der Waals surface area contributed by atoms with Crippen molar-refractivity contribution >= 4 is 17.8 Å². The molecule has 0 radical (unpaired) electrons. The van der Waals surface area contributed by atoms with E-state index in [-0.39, 0.29) is 18.6 Å². The van der Waals surface area contributed by atoms with Gasteiger partial charge in [0.2, 0.25) is 0 Å². The summed E-state index contributed by atoms with van der Waals surface area (Å²) in [4.78, 5) is 34.4. The maximum absolute atomic E-state index is 11.9.